The molecule has 5 heteroatoms. The first kappa shape index (κ1) is 27.0. The van der Waals surface area contributed by atoms with Gasteiger partial charge < -0.3 is 14.9 Å². The molecular formula is C24H40O5. The first-order valence-electron chi connectivity index (χ1n) is 11.2. The maximum absolute atomic E-state index is 11.2. The molecule has 2 N–H and O–H groups in total. The van der Waals surface area contributed by atoms with Gasteiger partial charge in [0.1, 0.15) is 5.75 Å². The predicted octanol–water partition coefficient (Wildman–Crippen LogP) is 6.73. The number of esters is 1. The number of carboxylic acids is 1. The van der Waals surface area contributed by atoms with Crippen LogP contribution in [0.4, 0.5) is 0 Å². The van der Waals surface area contributed by atoms with E-state index < -0.39 is 5.97 Å². The van der Waals surface area contributed by atoms with Gasteiger partial charge in [0.05, 0.1) is 12.2 Å². The topological polar surface area (TPSA) is 83.8 Å². The van der Waals surface area contributed by atoms with Gasteiger partial charge in [0.15, 0.2) is 0 Å². The molecule has 5 nitrogen and oxygen atoms in total. The van der Waals surface area contributed by atoms with Crippen LogP contribution in [0.5, 0.6) is 5.75 Å². The Morgan fingerprint density at radius 3 is 1.69 bits per heavy atom. The molecule has 0 radical (unpaired) electrons. The van der Waals surface area contributed by atoms with Gasteiger partial charge in [0.25, 0.3) is 0 Å². The van der Waals surface area contributed by atoms with E-state index in [1.165, 1.54) is 82.1 Å². The maximum Gasteiger partial charge on any atom is 0.338 e. The summed E-state index contributed by atoms with van der Waals surface area (Å²) in [5.41, 5.74) is 0.464. The second kappa shape index (κ2) is 19.3. The molecule has 0 spiro atoms. The molecule has 0 heterocycles. The maximum atomic E-state index is 11.2. The number of unbranched alkanes of at least 4 members (excludes halogenated alkanes) is 10. The van der Waals surface area contributed by atoms with Crippen molar-refractivity contribution in [1.29, 1.82) is 0 Å². The van der Waals surface area contributed by atoms with Crippen molar-refractivity contribution in [3.63, 3.8) is 0 Å². The van der Waals surface area contributed by atoms with E-state index in [1.807, 2.05) is 6.92 Å². The van der Waals surface area contributed by atoms with E-state index in [0.717, 1.165) is 19.3 Å². The number of aromatic hydroxyl groups is 1. The van der Waals surface area contributed by atoms with E-state index in [0.29, 0.717) is 18.6 Å². The lowest BCUT2D eigenvalue weighted by molar-refractivity contribution is -0.137. The van der Waals surface area contributed by atoms with Gasteiger partial charge in [0, 0.05) is 6.42 Å². The van der Waals surface area contributed by atoms with Crippen LogP contribution in [-0.2, 0) is 9.53 Å². The van der Waals surface area contributed by atoms with E-state index in [2.05, 4.69) is 6.92 Å². The Labute approximate surface area is 176 Å². The average Bonchev–Trinajstić information content (AvgIpc) is 2.71. The monoisotopic (exact) mass is 408 g/mol. The lowest BCUT2D eigenvalue weighted by Crippen LogP contribution is -2.05. The van der Waals surface area contributed by atoms with Crippen molar-refractivity contribution in [1.82, 2.24) is 0 Å². The summed E-state index contributed by atoms with van der Waals surface area (Å²) >= 11 is 0. The first-order chi connectivity index (χ1) is 14.0. The third-order valence-electron chi connectivity index (χ3n) is 4.53. The average molecular weight is 409 g/mol. The minimum atomic E-state index is -0.657. The van der Waals surface area contributed by atoms with Crippen molar-refractivity contribution in [2.24, 2.45) is 0 Å². The Hall–Kier alpha value is -2.04. The lowest BCUT2D eigenvalue weighted by Gasteiger charge is -2.02. The lowest BCUT2D eigenvalue weighted by atomic mass is 10.1. The van der Waals surface area contributed by atoms with Crippen molar-refractivity contribution in [3.05, 3.63) is 29.8 Å². The van der Waals surface area contributed by atoms with Crippen molar-refractivity contribution >= 4 is 11.9 Å². The van der Waals surface area contributed by atoms with Crippen LogP contribution in [0.3, 0.4) is 0 Å². The number of phenols is 1. The van der Waals surface area contributed by atoms with Gasteiger partial charge in [-0.3, -0.25) is 4.79 Å². The highest BCUT2D eigenvalue weighted by molar-refractivity contribution is 5.89. The van der Waals surface area contributed by atoms with E-state index in [4.69, 9.17) is 14.9 Å². The SMILES string of the molecule is CCCCCCCCCCCCCC(=O)O.CCCOC(=O)c1ccc(O)cc1. The van der Waals surface area contributed by atoms with Crippen LogP contribution < -0.4 is 0 Å². The Morgan fingerprint density at radius 1 is 0.759 bits per heavy atom. The second-order valence-electron chi connectivity index (χ2n) is 7.36. The van der Waals surface area contributed by atoms with Gasteiger partial charge in [-0.15, -0.1) is 0 Å². The van der Waals surface area contributed by atoms with Crippen LogP contribution in [0.2, 0.25) is 0 Å². The van der Waals surface area contributed by atoms with Gasteiger partial charge in [0.2, 0.25) is 0 Å². The molecule has 1 aromatic rings. The fraction of sp³-hybridized carbons (Fsp3) is 0.667. The van der Waals surface area contributed by atoms with Crippen LogP contribution in [0, 0.1) is 0 Å². The zero-order chi connectivity index (χ0) is 21.7. The summed E-state index contributed by atoms with van der Waals surface area (Å²) in [6.45, 7) is 4.61. The van der Waals surface area contributed by atoms with Crippen molar-refractivity contribution in [3.8, 4) is 5.75 Å². The summed E-state index contributed by atoms with van der Waals surface area (Å²) in [6, 6.07) is 5.99. The molecule has 0 saturated heterocycles. The number of hydrogen-bond donors (Lipinski definition) is 2. The number of carboxylic acid groups (broad SMARTS) is 1. The van der Waals surface area contributed by atoms with Gasteiger partial charge in [-0.2, -0.15) is 0 Å². The molecule has 0 unspecified atom stereocenters. The van der Waals surface area contributed by atoms with Gasteiger partial charge >= 0.3 is 11.9 Å². The second-order valence-corrected chi connectivity index (χ2v) is 7.36. The number of carbonyl (C=O) groups is 2. The van der Waals surface area contributed by atoms with Crippen LogP contribution >= 0.6 is 0 Å². The molecule has 29 heavy (non-hydrogen) atoms. The van der Waals surface area contributed by atoms with E-state index in [9.17, 15) is 9.59 Å². The van der Waals surface area contributed by atoms with Crippen molar-refractivity contribution < 1.29 is 24.5 Å². The van der Waals surface area contributed by atoms with Crippen LogP contribution in [-0.4, -0.2) is 28.8 Å². The highest BCUT2D eigenvalue weighted by atomic mass is 16.5. The number of benzene rings is 1. The Balaban J connectivity index is 0.000000551. The van der Waals surface area contributed by atoms with Crippen LogP contribution in [0.1, 0.15) is 108 Å². The fourth-order valence-electron chi connectivity index (χ4n) is 2.82. The quantitative estimate of drug-likeness (QED) is 0.248. The summed E-state index contributed by atoms with van der Waals surface area (Å²) in [4.78, 5) is 21.5. The zero-order valence-corrected chi connectivity index (χ0v) is 18.3. The number of ether oxygens (including phenoxy) is 1. The minimum absolute atomic E-state index is 0.145. The molecule has 0 aromatic heterocycles. The highest BCUT2D eigenvalue weighted by Crippen LogP contribution is 2.12. The minimum Gasteiger partial charge on any atom is -0.508 e. The summed E-state index contributed by atoms with van der Waals surface area (Å²) in [5.74, 6) is -0.857. The van der Waals surface area contributed by atoms with Gasteiger partial charge in [-0.25, -0.2) is 4.79 Å². The summed E-state index contributed by atoms with van der Waals surface area (Å²) in [7, 11) is 0. The number of carbonyl (C=O) groups excluding carboxylic acids is 1. The number of aliphatic carboxylic acids is 1. The molecular weight excluding hydrogens is 368 g/mol. The first-order valence-corrected chi connectivity index (χ1v) is 11.2. The molecule has 166 valence electrons. The van der Waals surface area contributed by atoms with Crippen molar-refractivity contribution in [2.75, 3.05) is 6.61 Å². The molecule has 0 aliphatic heterocycles. The van der Waals surface area contributed by atoms with Gasteiger partial charge in [-0.05, 0) is 37.1 Å². The van der Waals surface area contributed by atoms with Crippen LogP contribution in [0.25, 0.3) is 0 Å². The molecule has 0 saturated carbocycles. The van der Waals surface area contributed by atoms with E-state index in [1.54, 1.807) is 0 Å². The largest absolute Gasteiger partial charge is 0.508 e. The Morgan fingerprint density at radius 2 is 1.24 bits per heavy atom. The zero-order valence-electron chi connectivity index (χ0n) is 18.3. The summed E-state index contributed by atoms with van der Waals surface area (Å²) < 4.78 is 4.90. The number of hydrogen-bond acceptors (Lipinski definition) is 4. The summed E-state index contributed by atoms with van der Waals surface area (Å²) in [6.07, 6.45) is 15.2. The smallest absolute Gasteiger partial charge is 0.338 e. The van der Waals surface area contributed by atoms with Gasteiger partial charge in [-0.1, -0.05) is 78.1 Å². The standard InChI is InChI=1S/C14H28O2.C10H12O3/c1-2-3-4-5-6-7-8-9-10-11-12-13-14(15)16;1-2-7-13-10(12)8-3-5-9(11)6-4-8/h2-13H2,1H3,(H,15,16);3-6,11H,2,7H2,1H3. The van der Waals surface area contributed by atoms with Crippen LogP contribution in [0.15, 0.2) is 24.3 Å². The third kappa shape index (κ3) is 17.8. The molecule has 1 rings (SSSR count). The molecule has 0 fully saturated rings. The molecule has 0 aliphatic carbocycles. The normalized spacial score (nSPS) is 10.1. The molecule has 0 aliphatic rings. The number of phenolic OH excluding ortho intramolecular Hbond substituents is 1. The highest BCUT2D eigenvalue weighted by Gasteiger charge is 2.05. The number of rotatable bonds is 15. The molecule has 0 amide bonds. The molecule has 0 atom stereocenters. The van der Waals surface area contributed by atoms with E-state index in [-0.39, 0.29) is 11.7 Å². The molecule has 1 aromatic carbocycles. The Kier molecular flexibility index (Phi) is 17.9. The predicted molar refractivity (Wildman–Crippen MR) is 117 cm³/mol. The third-order valence-corrected chi connectivity index (χ3v) is 4.53. The molecule has 0 bridgehead atoms. The van der Waals surface area contributed by atoms with E-state index >= 15 is 0 Å². The van der Waals surface area contributed by atoms with Crippen molar-refractivity contribution in [2.45, 2.75) is 97.3 Å². The fourth-order valence-corrected chi connectivity index (χ4v) is 2.82. The summed E-state index contributed by atoms with van der Waals surface area (Å²) in [5, 5.41) is 17.4. The Bertz CT molecular complexity index is 525.